The van der Waals surface area contributed by atoms with Crippen LogP contribution >= 0.6 is 0 Å². The van der Waals surface area contributed by atoms with E-state index in [2.05, 4.69) is 38.1 Å². The van der Waals surface area contributed by atoms with Crippen molar-refractivity contribution in [2.45, 2.75) is 13.8 Å². The zero-order valence-corrected chi connectivity index (χ0v) is 9.85. The molecular formula is C15H18O. The number of aryl methyl sites for hydroxylation is 2. The van der Waals surface area contributed by atoms with E-state index in [-0.39, 0.29) is 6.61 Å². The summed E-state index contributed by atoms with van der Waals surface area (Å²) in [4.78, 5) is 0. The van der Waals surface area contributed by atoms with Gasteiger partial charge < -0.3 is 5.11 Å². The molecule has 0 aliphatic carbocycles. The van der Waals surface area contributed by atoms with Gasteiger partial charge in [0.1, 0.15) is 0 Å². The maximum atomic E-state index is 8.52. The Morgan fingerprint density at radius 1 is 1.00 bits per heavy atom. The van der Waals surface area contributed by atoms with Gasteiger partial charge in [0.05, 0.1) is 6.61 Å². The largest absolute Gasteiger partial charge is 0.392 e. The first-order valence-corrected chi connectivity index (χ1v) is 5.42. The summed E-state index contributed by atoms with van der Waals surface area (Å²) in [6.45, 7) is 4.32. The molecule has 0 amide bonds. The Labute approximate surface area is 97.4 Å². The number of benzene rings is 1. The van der Waals surface area contributed by atoms with Crippen molar-refractivity contribution >= 4 is 6.08 Å². The van der Waals surface area contributed by atoms with E-state index in [1.54, 1.807) is 6.08 Å². The van der Waals surface area contributed by atoms with Crippen molar-refractivity contribution in [3.8, 4) is 0 Å². The molecule has 84 valence electrons. The van der Waals surface area contributed by atoms with Gasteiger partial charge in [-0.15, -0.1) is 0 Å². The molecule has 0 spiro atoms. The SMILES string of the molecule is Cc1ccc(C=C/C=C/C=C/CO)cc1C. The Balaban J connectivity index is 2.59. The van der Waals surface area contributed by atoms with Gasteiger partial charge >= 0.3 is 0 Å². The molecule has 0 aromatic heterocycles. The second-order valence-corrected chi connectivity index (χ2v) is 3.70. The van der Waals surface area contributed by atoms with E-state index in [0.717, 1.165) is 0 Å². The summed E-state index contributed by atoms with van der Waals surface area (Å²) < 4.78 is 0. The zero-order chi connectivity index (χ0) is 11.8. The highest BCUT2D eigenvalue weighted by Crippen LogP contribution is 2.10. The summed E-state index contributed by atoms with van der Waals surface area (Å²) in [7, 11) is 0. The maximum Gasteiger partial charge on any atom is 0.0615 e. The lowest BCUT2D eigenvalue weighted by Gasteiger charge is -1.99. The average Bonchev–Trinajstić information content (AvgIpc) is 2.28. The number of allylic oxidation sites excluding steroid dienone is 4. The van der Waals surface area contributed by atoms with E-state index in [1.165, 1.54) is 16.7 Å². The molecule has 0 fully saturated rings. The Hall–Kier alpha value is -1.60. The van der Waals surface area contributed by atoms with Crippen LogP contribution in [-0.4, -0.2) is 11.7 Å². The highest BCUT2D eigenvalue weighted by Gasteiger charge is 1.91. The van der Waals surface area contributed by atoms with Gasteiger partial charge in [0.25, 0.3) is 0 Å². The van der Waals surface area contributed by atoms with E-state index >= 15 is 0 Å². The lowest BCUT2D eigenvalue weighted by atomic mass is 10.1. The van der Waals surface area contributed by atoms with Gasteiger partial charge in [-0.1, -0.05) is 54.7 Å². The third kappa shape index (κ3) is 4.28. The molecule has 1 nitrogen and oxygen atoms in total. The van der Waals surface area contributed by atoms with Crippen molar-refractivity contribution in [1.82, 2.24) is 0 Å². The third-order valence-corrected chi connectivity index (χ3v) is 2.39. The molecule has 0 saturated carbocycles. The molecule has 1 aromatic carbocycles. The van der Waals surface area contributed by atoms with Crippen molar-refractivity contribution in [2.75, 3.05) is 6.61 Å². The predicted molar refractivity (Wildman–Crippen MR) is 70.3 cm³/mol. The van der Waals surface area contributed by atoms with E-state index in [1.807, 2.05) is 24.3 Å². The number of hydrogen-bond donors (Lipinski definition) is 1. The molecule has 0 aliphatic heterocycles. The van der Waals surface area contributed by atoms with E-state index in [4.69, 9.17) is 5.11 Å². The van der Waals surface area contributed by atoms with E-state index in [9.17, 15) is 0 Å². The molecule has 0 bridgehead atoms. The monoisotopic (exact) mass is 214 g/mol. The summed E-state index contributed by atoms with van der Waals surface area (Å²) in [5.41, 5.74) is 3.84. The smallest absolute Gasteiger partial charge is 0.0615 e. The topological polar surface area (TPSA) is 20.2 Å². The van der Waals surface area contributed by atoms with Gasteiger partial charge in [0.2, 0.25) is 0 Å². The minimum atomic E-state index is 0.0885. The first kappa shape index (κ1) is 12.5. The van der Waals surface area contributed by atoms with Crippen molar-refractivity contribution in [3.63, 3.8) is 0 Å². The van der Waals surface area contributed by atoms with Crippen LogP contribution in [0, 0.1) is 13.8 Å². The van der Waals surface area contributed by atoms with E-state index < -0.39 is 0 Å². The van der Waals surface area contributed by atoms with E-state index in [0.29, 0.717) is 0 Å². The summed E-state index contributed by atoms with van der Waals surface area (Å²) in [6, 6.07) is 6.41. The van der Waals surface area contributed by atoms with Gasteiger partial charge in [-0.3, -0.25) is 0 Å². The first-order chi connectivity index (χ1) is 7.74. The molecule has 0 unspecified atom stereocenters. The Morgan fingerprint density at radius 2 is 1.75 bits per heavy atom. The van der Waals surface area contributed by atoms with Crippen molar-refractivity contribution < 1.29 is 5.11 Å². The van der Waals surface area contributed by atoms with Crippen molar-refractivity contribution in [3.05, 3.63) is 65.3 Å². The van der Waals surface area contributed by atoms with Gasteiger partial charge in [0.15, 0.2) is 0 Å². The molecule has 0 atom stereocenters. The fraction of sp³-hybridized carbons (Fsp3) is 0.200. The van der Waals surface area contributed by atoms with Crippen LogP contribution in [0.5, 0.6) is 0 Å². The van der Waals surface area contributed by atoms with Gasteiger partial charge in [0, 0.05) is 0 Å². The summed E-state index contributed by atoms with van der Waals surface area (Å²) in [5, 5.41) is 8.52. The van der Waals surface area contributed by atoms with Crippen LogP contribution in [-0.2, 0) is 0 Å². The number of aliphatic hydroxyl groups excluding tert-OH is 1. The Kier molecular flexibility index (Phi) is 5.30. The molecule has 1 aromatic rings. The summed E-state index contributed by atoms with van der Waals surface area (Å²) in [6.07, 6.45) is 11.4. The summed E-state index contributed by atoms with van der Waals surface area (Å²) >= 11 is 0. The third-order valence-electron chi connectivity index (χ3n) is 2.39. The lowest BCUT2D eigenvalue weighted by Crippen LogP contribution is -1.80. The number of aliphatic hydroxyl groups is 1. The van der Waals surface area contributed by atoms with Crippen molar-refractivity contribution in [1.29, 1.82) is 0 Å². The van der Waals surface area contributed by atoms with Crippen LogP contribution in [0.15, 0.2) is 48.6 Å². The van der Waals surface area contributed by atoms with Crippen LogP contribution < -0.4 is 0 Å². The fourth-order valence-electron chi connectivity index (χ4n) is 1.30. The van der Waals surface area contributed by atoms with Gasteiger partial charge in [-0.25, -0.2) is 0 Å². The molecule has 0 heterocycles. The average molecular weight is 214 g/mol. The molecule has 0 radical (unpaired) electrons. The second-order valence-electron chi connectivity index (χ2n) is 3.70. The Morgan fingerprint density at radius 3 is 2.44 bits per heavy atom. The lowest BCUT2D eigenvalue weighted by molar-refractivity contribution is 0.343. The molecule has 1 heteroatoms. The zero-order valence-electron chi connectivity index (χ0n) is 9.85. The Bertz CT molecular complexity index is 411. The normalized spacial score (nSPS) is 12.2. The van der Waals surface area contributed by atoms with Gasteiger partial charge in [-0.2, -0.15) is 0 Å². The summed E-state index contributed by atoms with van der Waals surface area (Å²) in [5.74, 6) is 0. The molecular weight excluding hydrogens is 196 g/mol. The van der Waals surface area contributed by atoms with Crippen LogP contribution in [0.1, 0.15) is 16.7 Å². The number of rotatable bonds is 4. The molecule has 16 heavy (non-hydrogen) atoms. The minimum absolute atomic E-state index is 0.0885. The number of hydrogen-bond acceptors (Lipinski definition) is 1. The van der Waals surface area contributed by atoms with Crippen molar-refractivity contribution in [2.24, 2.45) is 0 Å². The molecule has 0 saturated heterocycles. The quantitative estimate of drug-likeness (QED) is 0.761. The first-order valence-electron chi connectivity index (χ1n) is 5.42. The molecule has 0 aliphatic rings. The van der Waals surface area contributed by atoms with Crippen LogP contribution in [0.3, 0.4) is 0 Å². The minimum Gasteiger partial charge on any atom is -0.392 e. The highest BCUT2D eigenvalue weighted by molar-refractivity contribution is 5.53. The standard InChI is InChI=1S/C15H18O/c1-13-9-10-15(12-14(13)2)8-6-4-3-5-7-11-16/h3-10,12,16H,11H2,1-2H3/b4-3+,7-5+,8-6?. The van der Waals surface area contributed by atoms with Gasteiger partial charge in [-0.05, 0) is 30.5 Å². The van der Waals surface area contributed by atoms with Crippen LogP contribution in [0.2, 0.25) is 0 Å². The molecule has 1 rings (SSSR count). The maximum absolute atomic E-state index is 8.52. The highest BCUT2D eigenvalue weighted by atomic mass is 16.2. The molecule has 1 N–H and O–H groups in total. The predicted octanol–water partition coefficient (Wildman–Crippen LogP) is 3.42. The fourth-order valence-corrected chi connectivity index (χ4v) is 1.30. The van der Waals surface area contributed by atoms with Crippen LogP contribution in [0.4, 0.5) is 0 Å². The van der Waals surface area contributed by atoms with Crippen LogP contribution in [0.25, 0.3) is 6.08 Å². The second kappa shape index (κ2) is 6.81.